The minimum atomic E-state index is -0.177. The highest BCUT2D eigenvalue weighted by atomic mass is 16.5. The third kappa shape index (κ3) is 5.68. The molecule has 0 spiro atoms. The van der Waals surface area contributed by atoms with E-state index in [2.05, 4.69) is 20.6 Å². The third-order valence-corrected chi connectivity index (χ3v) is 5.15. The zero-order chi connectivity index (χ0) is 19.8. The van der Waals surface area contributed by atoms with Crippen LogP contribution in [0.15, 0.2) is 30.3 Å². The molecule has 6 heteroatoms. The van der Waals surface area contributed by atoms with Gasteiger partial charge in [-0.2, -0.15) is 0 Å². The van der Waals surface area contributed by atoms with E-state index in [1.165, 1.54) is 25.7 Å². The van der Waals surface area contributed by atoms with Crippen LogP contribution in [0.1, 0.15) is 60.4 Å². The molecule has 150 valence electrons. The molecule has 2 aromatic rings. The second-order valence-corrected chi connectivity index (χ2v) is 7.34. The fourth-order valence-electron chi connectivity index (χ4n) is 3.70. The van der Waals surface area contributed by atoms with E-state index in [4.69, 9.17) is 4.74 Å². The first kappa shape index (κ1) is 20.1. The standard InChI is InChI=1S/C22H30N4O2/c1-16-24-19(15-21(25-16)26-18-10-5-3-4-6-11-18)22(27)23-14-13-17-9-7-8-12-20(17)28-2/h7-9,12,15,18H,3-6,10-11,13-14H2,1-2H3,(H,23,27)(H,24,25,26). The van der Waals surface area contributed by atoms with Crippen molar-refractivity contribution in [3.63, 3.8) is 0 Å². The molecule has 0 radical (unpaired) electrons. The van der Waals surface area contributed by atoms with Crippen LogP contribution >= 0.6 is 0 Å². The zero-order valence-corrected chi connectivity index (χ0v) is 16.8. The van der Waals surface area contributed by atoms with Crippen LogP contribution in [0.25, 0.3) is 0 Å². The van der Waals surface area contributed by atoms with Crippen LogP contribution < -0.4 is 15.4 Å². The summed E-state index contributed by atoms with van der Waals surface area (Å²) in [6.45, 7) is 2.34. The molecule has 1 heterocycles. The Morgan fingerprint density at radius 3 is 2.64 bits per heavy atom. The normalized spacial score (nSPS) is 14.9. The van der Waals surface area contributed by atoms with E-state index in [1.54, 1.807) is 13.2 Å². The first-order valence-electron chi connectivity index (χ1n) is 10.2. The molecule has 1 aromatic heterocycles. The molecule has 3 rings (SSSR count). The number of aromatic nitrogens is 2. The van der Waals surface area contributed by atoms with Gasteiger partial charge >= 0.3 is 0 Å². The van der Waals surface area contributed by atoms with Crippen LogP contribution in [-0.2, 0) is 6.42 Å². The quantitative estimate of drug-likeness (QED) is 0.710. The van der Waals surface area contributed by atoms with E-state index in [0.29, 0.717) is 30.5 Å². The number of hydrogen-bond donors (Lipinski definition) is 2. The van der Waals surface area contributed by atoms with Gasteiger partial charge in [-0.25, -0.2) is 9.97 Å². The van der Waals surface area contributed by atoms with Crippen molar-refractivity contribution in [3.8, 4) is 5.75 Å². The van der Waals surface area contributed by atoms with E-state index in [-0.39, 0.29) is 5.91 Å². The number of carbonyl (C=O) groups is 1. The van der Waals surface area contributed by atoms with Crippen molar-refractivity contribution in [1.29, 1.82) is 0 Å². The molecule has 6 nitrogen and oxygen atoms in total. The van der Waals surface area contributed by atoms with Crippen LogP contribution in [0.5, 0.6) is 5.75 Å². The van der Waals surface area contributed by atoms with E-state index in [1.807, 2.05) is 31.2 Å². The largest absolute Gasteiger partial charge is 0.496 e. The number of hydrogen-bond acceptors (Lipinski definition) is 5. The molecule has 28 heavy (non-hydrogen) atoms. The Kier molecular flexibility index (Phi) is 7.23. The summed E-state index contributed by atoms with van der Waals surface area (Å²) in [6, 6.07) is 10.0. The van der Waals surface area contributed by atoms with Crippen molar-refractivity contribution in [3.05, 3.63) is 47.4 Å². The van der Waals surface area contributed by atoms with E-state index < -0.39 is 0 Å². The molecule has 0 unspecified atom stereocenters. The number of nitrogens with zero attached hydrogens (tertiary/aromatic N) is 2. The lowest BCUT2D eigenvalue weighted by atomic mass is 10.1. The highest BCUT2D eigenvalue weighted by molar-refractivity contribution is 5.92. The number of rotatable bonds is 7. The molecule has 1 aliphatic carbocycles. The number of aryl methyl sites for hydroxylation is 1. The predicted octanol–water partition coefficient (Wildman–Crippen LogP) is 3.90. The summed E-state index contributed by atoms with van der Waals surface area (Å²) < 4.78 is 5.36. The highest BCUT2D eigenvalue weighted by Crippen LogP contribution is 2.21. The van der Waals surface area contributed by atoms with Crippen molar-refractivity contribution in [2.24, 2.45) is 0 Å². The minimum Gasteiger partial charge on any atom is -0.496 e. The van der Waals surface area contributed by atoms with Crippen LogP contribution in [0.3, 0.4) is 0 Å². The van der Waals surface area contributed by atoms with Gasteiger partial charge in [-0.15, -0.1) is 0 Å². The van der Waals surface area contributed by atoms with Crippen molar-refractivity contribution in [2.75, 3.05) is 19.0 Å². The SMILES string of the molecule is COc1ccccc1CCNC(=O)c1cc(NC2CCCCCC2)nc(C)n1. The molecule has 1 aliphatic rings. The summed E-state index contributed by atoms with van der Waals surface area (Å²) in [5, 5.41) is 6.46. The lowest BCUT2D eigenvalue weighted by Crippen LogP contribution is -2.27. The lowest BCUT2D eigenvalue weighted by molar-refractivity contribution is 0.0948. The average molecular weight is 383 g/mol. The second-order valence-electron chi connectivity index (χ2n) is 7.34. The summed E-state index contributed by atoms with van der Waals surface area (Å²) in [7, 11) is 1.66. The summed E-state index contributed by atoms with van der Waals surface area (Å²) in [6.07, 6.45) is 8.12. The van der Waals surface area contributed by atoms with Gasteiger partial charge in [0.15, 0.2) is 0 Å². The number of benzene rings is 1. The molecule has 0 atom stereocenters. The second kappa shape index (κ2) is 10.1. The number of anilines is 1. The van der Waals surface area contributed by atoms with Crippen LogP contribution in [0.2, 0.25) is 0 Å². The Morgan fingerprint density at radius 2 is 1.89 bits per heavy atom. The maximum absolute atomic E-state index is 12.6. The fourth-order valence-corrected chi connectivity index (χ4v) is 3.70. The average Bonchev–Trinajstić information content (AvgIpc) is 2.96. The lowest BCUT2D eigenvalue weighted by Gasteiger charge is -2.17. The number of para-hydroxylation sites is 1. The van der Waals surface area contributed by atoms with E-state index in [0.717, 1.165) is 30.0 Å². The van der Waals surface area contributed by atoms with Gasteiger partial charge in [0.1, 0.15) is 23.1 Å². The summed E-state index contributed by atoms with van der Waals surface area (Å²) in [5.74, 6) is 2.01. The van der Waals surface area contributed by atoms with Gasteiger partial charge in [-0.3, -0.25) is 4.79 Å². The molecule has 1 fully saturated rings. The first-order chi connectivity index (χ1) is 13.7. The fraction of sp³-hybridized carbons (Fsp3) is 0.500. The monoisotopic (exact) mass is 382 g/mol. The molecule has 0 bridgehead atoms. The van der Waals surface area contributed by atoms with Crippen LogP contribution in [0.4, 0.5) is 5.82 Å². The van der Waals surface area contributed by atoms with Crippen LogP contribution in [0, 0.1) is 6.92 Å². The van der Waals surface area contributed by atoms with Crippen molar-refractivity contribution in [1.82, 2.24) is 15.3 Å². The van der Waals surface area contributed by atoms with Gasteiger partial charge < -0.3 is 15.4 Å². The Hall–Kier alpha value is -2.63. The Bertz CT molecular complexity index is 786. The maximum Gasteiger partial charge on any atom is 0.270 e. The Balaban J connectivity index is 1.59. The molecule has 1 saturated carbocycles. The number of nitrogens with one attached hydrogen (secondary N) is 2. The molecule has 2 N–H and O–H groups in total. The molecule has 1 aromatic carbocycles. The molecular weight excluding hydrogens is 352 g/mol. The van der Waals surface area contributed by atoms with Gasteiger partial charge in [-0.1, -0.05) is 43.9 Å². The Labute approximate surface area is 167 Å². The van der Waals surface area contributed by atoms with Gasteiger partial charge in [0.2, 0.25) is 0 Å². The van der Waals surface area contributed by atoms with Gasteiger partial charge in [0.05, 0.1) is 7.11 Å². The highest BCUT2D eigenvalue weighted by Gasteiger charge is 2.15. The van der Waals surface area contributed by atoms with Crippen molar-refractivity contribution in [2.45, 2.75) is 57.9 Å². The smallest absolute Gasteiger partial charge is 0.270 e. The predicted molar refractivity (Wildman–Crippen MR) is 111 cm³/mol. The summed E-state index contributed by atoms with van der Waals surface area (Å²) in [4.78, 5) is 21.4. The van der Waals surface area contributed by atoms with Gasteiger partial charge in [0.25, 0.3) is 5.91 Å². The van der Waals surface area contributed by atoms with Crippen molar-refractivity contribution >= 4 is 11.7 Å². The number of methoxy groups -OCH3 is 1. The third-order valence-electron chi connectivity index (χ3n) is 5.15. The van der Waals surface area contributed by atoms with Crippen LogP contribution in [-0.4, -0.2) is 35.6 Å². The maximum atomic E-state index is 12.6. The van der Waals surface area contributed by atoms with Crippen molar-refractivity contribution < 1.29 is 9.53 Å². The van der Waals surface area contributed by atoms with E-state index >= 15 is 0 Å². The molecular formula is C22H30N4O2. The molecule has 1 amide bonds. The van der Waals surface area contributed by atoms with E-state index in [9.17, 15) is 4.79 Å². The molecule has 0 aliphatic heterocycles. The minimum absolute atomic E-state index is 0.177. The first-order valence-corrected chi connectivity index (χ1v) is 10.2. The number of ether oxygens (including phenoxy) is 1. The number of carbonyl (C=O) groups excluding carboxylic acids is 1. The number of amides is 1. The van der Waals surface area contributed by atoms with Gasteiger partial charge in [-0.05, 0) is 37.8 Å². The summed E-state index contributed by atoms with van der Waals surface area (Å²) in [5.41, 5.74) is 1.48. The van der Waals surface area contributed by atoms with Gasteiger partial charge in [0, 0.05) is 18.7 Å². The zero-order valence-electron chi connectivity index (χ0n) is 16.8. The topological polar surface area (TPSA) is 76.1 Å². The molecule has 0 saturated heterocycles. The Morgan fingerprint density at radius 1 is 1.14 bits per heavy atom. The summed E-state index contributed by atoms with van der Waals surface area (Å²) >= 11 is 0.